The summed E-state index contributed by atoms with van der Waals surface area (Å²) in [7, 11) is 0. The van der Waals surface area contributed by atoms with Crippen LogP contribution in [-0.4, -0.2) is 9.97 Å². The summed E-state index contributed by atoms with van der Waals surface area (Å²) in [5, 5.41) is 2.50. The standard InChI is InChI=1S/C13H8Cl2N2/c14-7-9-6-8-3-4-11-10(2-1-5-16-11)12(8)17-13(9)15/h1-6H,7H2. The molecule has 0 aliphatic heterocycles. The number of halogens is 2. The smallest absolute Gasteiger partial charge is 0.134 e. The molecule has 0 fully saturated rings. The average Bonchev–Trinajstić information content (AvgIpc) is 2.38. The molecule has 0 spiro atoms. The lowest BCUT2D eigenvalue weighted by Crippen LogP contribution is -1.89. The van der Waals surface area contributed by atoms with E-state index in [1.54, 1.807) is 6.20 Å². The molecule has 84 valence electrons. The van der Waals surface area contributed by atoms with E-state index < -0.39 is 0 Å². The van der Waals surface area contributed by atoms with Gasteiger partial charge in [0.2, 0.25) is 0 Å². The summed E-state index contributed by atoms with van der Waals surface area (Å²) in [6.45, 7) is 0. The molecule has 0 saturated heterocycles. The Morgan fingerprint density at radius 1 is 1.18 bits per heavy atom. The Morgan fingerprint density at radius 2 is 2.06 bits per heavy atom. The fraction of sp³-hybridized carbons (Fsp3) is 0.0769. The third kappa shape index (κ3) is 1.74. The first-order valence-corrected chi connectivity index (χ1v) is 6.09. The Balaban J connectivity index is 2.46. The summed E-state index contributed by atoms with van der Waals surface area (Å²) in [4.78, 5) is 8.71. The van der Waals surface area contributed by atoms with Gasteiger partial charge in [-0.25, -0.2) is 4.98 Å². The van der Waals surface area contributed by atoms with Gasteiger partial charge in [-0.2, -0.15) is 0 Å². The second-order valence-electron chi connectivity index (χ2n) is 3.78. The van der Waals surface area contributed by atoms with Crippen LogP contribution >= 0.6 is 23.2 Å². The van der Waals surface area contributed by atoms with Gasteiger partial charge in [0.05, 0.1) is 16.9 Å². The van der Waals surface area contributed by atoms with E-state index in [1.807, 2.05) is 30.3 Å². The quantitative estimate of drug-likeness (QED) is 0.374. The molecule has 4 heteroatoms. The van der Waals surface area contributed by atoms with Gasteiger partial charge in [0.1, 0.15) is 5.15 Å². The molecule has 17 heavy (non-hydrogen) atoms. The van der Waals surface area contributed by atoms with Crippen LogP contribution in [0.25, 0.3) is 21.8 Å². The van der Waals surface area contributed by atoms with Crippen LogP contribution in [0.1, 0.15) is 5.56 Å². The SMILES string of the molecule is ClCc1cc2ccc3ncccc3c2nc1Cl. The number of aromatic nitrogens is 2. The van der Waals surface area contributed by atoms with E-state index in [2.05, 4.69) is 9.97 Å². The van der Waals surface area contributed by atoms with E-state index in [9.17, 15) is 0 Å². The lowest BCUT2D eigenvalue weighted by Gasteiger charge is -2.05. The van der Waals surface area contributed by atoms with Crippen molar-refractivity contribution in [3.05, 3.63) is 47.2 Å². The summed E-state index contributed by atoms with van der Waals surface area (Å²) in [6, 6.07) is 9.83. The van der Waals surface area contributed by atoms with Crippen LogP contribution in [0.2, 0.25) is 5.15 Å². The van der Waals surface area contributed by atoms with Crippen LogP contribution in [0.5, 0.6) is 0 Å². The molecule has 0 saturated carbocycles. The molecule has 2 aromatic heterocycles. The number of benzene rings is 1. The molecular weight excluding hydrogens is 255 g/mol. The van der Waals surface area contributed by atoms with Gasteiger partial charge in [-0.3, -0.25) is 4.98 Å². The predicted molar refractivity (Wildman–Crippen MR) is 71.6 cm³/mol. The highest BCUT2D eigenvalue weighted by Crippen LogP contribution is 2.27. The highest BCUT2D eigenvalue weighted by molar-refractivity contribution is 6.31. The van der Waals surface area contributed by atoms with Gasteiger partial charge in [0, 0.05) is 22.5 Å². The van der Waals surface area contributed by atoms with E-state index in [-0.39, 0.29) is 0 Å². The number of hydrogen-bond acceptors (Lipinski definition) is 2. The molecule has 0 atom stereocenters. The molecule has 3 aromatic rings. The number of fused-ring (bicyclic) bond motifs is 3. The summed E-state index contributed by atoms with van der Waals surface area (Å²) < 4.78 is 0. The first-order chi connectivity index (χ1) is 8.29. The molecule has 0 amide bonds. The minimum Gasteiger partial charge on any atom is -0.256 e. The lowest BCUT2D eigenvalue weighted by atomic mass is 10.1. The minimum absolute atomic E-state index is 0.368. The van der Waals surface area contributed by atoms with Crippen molar-refractivity contribution in [1.82, 2.24) is 9.97 Å². The summed E-state index contributed by atoms with van der Waals surface area (Å²) in [5.41, 5.74) is 2.64. The van der Waals surface area contributed by atoms with Crippen molar-refractivity contribution in [3.63, 3.8) is 0 Å². The van der Waals surface area contributed by atoms with Crippen molar-refractivity contribution < 1.29 is 0 Å². The number of pyridine rings is 2. The maximum Gasteiger partial charge on any atom is 0.134 e. The fourth-order valence-electron chi connectivity index (χ4n) is 1.91. The number of rotatable bonds is 1. The molecule has 0 aliphatic rings. The summed E-state index contributed by atoms with van der Waals surface area (Å²) in [6.07, 6.45) is 1.77. The van der Waals surface area contributed by atoms with Gasteiger partial charge in [0.15, 0.2) is 0 Å². The molecule has 1 aromatic carbocycles. The molecule has 2 nitrogen and oxygen atoms in total. The minimum atomic E-state index is 0.368. The zero-order chi connectivity index (χ0) is 11.8. The average molecular weight is 263 g/mol. The van der Waals surface area contributed by atoms with Gasteiger partial charge in [-0.05, 0) is 24.3 Å². The highest BCUT2D eigenvalue weighted by atomic mass is 35.5. The van der Waals surface area contributed by atoms with Crippen molar-refractivity contribution in [2.75, 3.05) is 0 Å². The summed E-state index contributed by atoms with van der Waals surface area (Å²) in [5.74, 6) is 0.368. The van der Waals surface area contributed by atoms with E-state index >= 15 is 0 Å². The Morgan fingerprint density at radius 3 is 2.88 bits per heavy atom. The molecule has 2 heterocycles. The number of nitrogens with zero attached hydrogens (tertiary/aromatic N) is 2. The Hall–Kier alpha value is -1.38. The molecule has 0 radical (unpaired) electrons. The van der Waals surface area contributed by atoms with Crippen molar-refractivity contribution in [2.24, 2.45) is 0 Å². The summed E-state index contributed by atoms with van der Waals surface area (Å²) >= 11 is 11.9. The first kappa shape index (κ1) is 10.8. The zero-order valence-electron chi connectivity index (χ0n) is 8.82. The van der Waals surface area contributed by atoms with Crippen LogP contribution in [0, 0.1) is 0 Å². The monoisotopic (exact) mass is 262 g/mol. The number of hydrogen-bond donors (Lipinski definition) is 0. The van der Waals surface area contributed by atoms with Gasteiger partial charge < -0.3 is 0 Å². The second-order valence-corrected chi connectivity index (χ2v) is 4.40. The topological polar surface area (TPSA) is 25.8 Å². The predicted octanol–water partition coefficient (Wildman–Crippen LogP) is 4.18. The second kappa shape index (κ2) is 4.13. The normalized spacial score (nSPS) is 11.2. The van der Waals surface area contributed by atoms with E-state index in [0.29, 0.717) is 11.0 Å². The highest BCUT2D eigenvalue weighted by Gasteiger charge is 2.07. The Labute approximate surface area is 108 Å². The van der Waals surface area contributed by atoms with Crippen molar-refractivity contribution >= 4 is 45.0 Å². The van der Waals surface area contributed by atoms with Crippen LogP contribution in [0.3, 0.4) is 0 Å². The third-order valence-electron chi connectivity index (χ3n) is 2.74. The molecule has 0 aliphatic carbocycles. The first-order valence-electron chi connectivity index (χ1n) is 5.18. The van der Waals surface area contributed by atoms with Crippen LogP contribution in [0.15, 0.2) is 36.5 Å². The molecule has 3 rings (SSSR count). The van der Waals surface area contributed by atoms with Crippen molar-refractivity contribution in [3.8, 4) is 0 Å². The lowest BCUT2D eigenvalue weighted by molar-refractivity contribution is 1.30. The van der Waals surface area contributed by atoms with E-state index in [4.69, 9.17) is 23.2 Å². The van der Waals surface area contributed by atoms with Crippen LogP contribution < -0.4 is 0 Å². The third-order valence-corrected chi connectivity index (χ3v) is 3.35. The van der Waals surface area contributed by atoms with Crippen LogP contribution in [0.4, 0.5) is 0 Å². The van der Waals surface area contributed by atoms with Gasteiger partial charge in [0.25, 0.3) is 0 Å². The fourth-order valence-corrected chi connectivity index (χ4v) is 2.38. The van der Waals surface area contributed by atoms with Crippen molar-refractivity contribution in [1.29, 1.82) is 0 Å². The van der Waals surface area contributed by atoms with Gasteiger partial charge in [-0.1, -0.05) is 17.7 Å². The van der Waals surface area contributed by atoms with E-state index in [1.165, 1.54) is 0 Å². The van der Waals surface area contributed by atoms with Crippen LogP contribution in [-0.2, 0) is 5.88 Å². The van der Waals surface area contributed by atoms with Gasteiger partial charge >= 0.3 is 0 Å². The molecular formula is C13H8Cl2N2. The Bertz CT molecular complexity index is 710. The van der Waals surface area contributed by atoms with Gasteiger partial charge in [-0.15, -0.1) is 11.6 Å². The molecule has 0 unspecified atom stereocenters. The molecule has 0 bridgehead atoms. The van der Waals surface area contributed by atoms with E-state index in [0.717, 1.165) is 27.4 Å². The Kier molecular flexibility index (Phi) is 2.61. The van der Waals surface area contributed by atoms with Crippen molar-refractivity contribution in [2.45, 2.75) is 5.88 Å². The zero-order valence-corrected chi connectivity index (χ0v) is 10.3. The molecule has 0 N–H and O–H groups in total. The maximum absolute atomic E-state index is 6.09. The largest absolute Gasteiger partial charge is 0.256 e. The maximum atomic E-state index is 6.09. The number of alkyl halides is 1.